The van der Waals surface area contributed by atoms with Gasteiger partial charge in [0.15, 0.2) is 0 Å². The summed E-state index contributed by atoms with van der Waals surface area (Å²) in [5.74, 6) is 0. The predicted octanol–water partition coefficient (Wildman–Crippen LogP) is 2.91. The molecule has 1 rings (SSSR count). The van der Waals surface area contributed by atoms with Crippen molar-refractivity contribution in [3.05, 3.63) is 35.9 Å². The molecule has 0 aromatic heterocycles. The van der Waals surface area contributed by atoms with Gasteiger partial charge in [0.05, 0.1) is 18.2 Å². The first-order chi connectivity index (χ1) is 7.59. The summed E-state index contributed by atoms with van der Waals surface area (Å²) < 4.78 is 5.76. The fraction of sp³-hybridized carbons (Fsp3) is 0.538. The van der Waals surface area contributed by atoms with Gasteiger partial charge >= 0.3 is 0 Å². The summed E-state index contributed by atoms with van der Waals surface area (Å²) >= 11 is 0. The van der Waals surface area contributed by atoms with Crippen molar-refractivity contribution in [1.82, 2.24) is 5.48 Å². The van der Waals surface area contributed by atoms with E-state index in [1.165, 1.54) is 0 Å². The highest BCUT2D eigenvalue weighted by molar-refractivity contribution is 5.18. The van der Waals surface area contributed by atoms with Gasteiger partial charge < -0.3 is 9.94 Å². The summed E-state index contributed by atoms with van der Waals surface area (Å²) in [4.78, 5) is 0. The fourth-order valence-corrected chi connectivity index (χ4v) is 1.30. The molecule has 1 aromatic carbocycles. The summed E-state index contributed by atoms with van der Waals surface area (Å²) in [5.41, 5.74) is 3.17. The second kappa shape index (κ2) is 5.99. The highest BCUT2D eigenvalue weighted by Crippen LogP contribution is 2.18. The molecule has 0 spiro atoms. The van der Waals surface area contributed by atoms with Crippen molar-refractivity contribution >= 4 is 0 Å². The molecule has 0 saturated heterocycles. The first-order valence-electron chi connectivity index (χ1n) is 5.67. The van der Waals surface area contributed by atoms with Gasteiger partial charge in [-0.1, -0.05) is 37.3 Å². The molecule has 3 heteroatoms. The second-order valence-electron chi connectivity index (χ2n) is 4.52. The first kappa shape index (κ1) is 13.2. The minimum atomic E-state index is -0.174. The molecule has 0 saturated carbocycles. The Morgan fingerprint density at radius 2 is 1.94 bits per heavy atom. The fourth-order valence-electron chi connectivity index (χ4n) is 1.30. The maximum atomic E-state index is 9.12. The molecule has 0 heterocycles. The summed E-state index contributed by atoms with van der Waals surface area (Å²) in [6.07, 6.45) is 0.944. The number of nitrogens with one attached hydrogen (secondary N) is 1. The maximum absolute atomic E-state index is 9.12. The van der Waals surface area contributed by atoms with E-state index in [2.05, 4.69) is 12.4 Å². The Morgan fingerprint density at radius 1 is 1.31 bits per heavy atom. The SMILES string of the molecule is CCC(C)(C)OCC(NO)c1ccccc1. The number of hydrogen-bond donors (Lipinski definition) is 2. The van der Waals surface area contributed by atoms with Crippen LogP contribution in [0.5, 0.6) is 0 Å². The van der Waals surface area contributed by atoms with Crippen molar-refractivity contribution in [2.75, 3.05) is 6.61 Å². The van der Waals surface area contributed by atoms with Gasteiger partial charge in [-0.05, 0) is 25.8 Å². The van der Waals surface area contributed by atoms with Gasteiger partial charge in [0.25, 0.3) is 0 Å². The van der Waals surface area contributed by atoms with Crippen LogP contribution >= 0.6 is 0 Å². The van der Waals surface area contributed by atoms with E-state index in [1.807, 2.05) is 44.2 Å². The standard InChI is InChI=1S/C13H21NO2/c1-4-13(2,3)16-10-12(14-15)11-8-6-5-7-9-11/h5-9,12,14-15H,4,10H2,1-3H3. The van der Waals surface area contributed by atoms with E-state index in [0.29, 0.717) is 6.61 Å². The highest BCUT2D eigenvalue weighted by Gasteiger charge is 2.18. The Kier molecular flexibility index (Phi) is 4.93. The van der Waals surface area contributed by atoms with Crippen LogP contribution in [0.4, 0.5) is 0 Å². The Bertz CT molecular complexity index is 298. The number of benzene rings is 1. The van der Waals surface area contributed by atoms with E-state index >= 15 is 0 Å². The summed E-state index contributed by atoms with van der Waals surface area (Å²) in [6.45, 7) is 6.64. The number of hydroxylamine groups is 1. The van der Waals surface area contributed by atoms with Crippen LogP contribution in [-0.4, -0.2) is 17.4 Å². The zero-order valence-electron chi connectivity index (χ0n) is 10.2. The molecule has 1 atom stereocenters. The van der Waals surface area contributed by atoms with E-state index in [9.17, 15) is 0 Å². The van der Waals surface area contributed by atoms with Crippen LogP contribution in [0.3, 0.4) is 0 Å². The molecule has 90 valence electrons. The molecule has 0 aliphatic rings. The average Bonchev–Trinajstić information content (AvgIpc) is 2.31. The van der Waals surface area contributed by atoms with E-state index in [1.54, 1.807) is 0 Å². The third-order valence-corrected chi connectivity index (χ3v) is 2.85. The number of ether oxygens (including phenoxy) is 1. The molecule has 1 aromatic rings. The molecule has 0 aliphatic heterocycles. The van der Waals surface area contributed by atoms with E-state index in [0.717, 1.165) is 12.0 Å². The van der Waals surface area contributed by atoms with Crippen molar-refractivity contribution in [2.24, 2.45) is 0 Å². The number of rotatable bonds is 6. The third kappa shape index (κ3) is 3.93. The molecule has 0 aliphatic carbocycles. The van der Waals surface area contributed by atoms with E-state index in [-0.39, 0.29) is 11.6 Å². The van der Waals surface area contributed by atoms with Crippen LogP contribution in [0.1, 0.15) is 38.8 Å². The van der Waals surface area contributed by atoms with Gasteiger partial charge in [-0.3, -0.25) is 0 Å². The Hall–Kier alpha value is -0.900. The zero-order valence-corrected chi connectivity index (χ0v) is 10.2. The third-order valence-electron chi connectivity index (χ3n) is 2.85. The van der Waals surface area contributed by atoms with Gasteiger partial charge in [0.2, 0.25) is 0 Å². The monoisotopic (exact) mass is 223 g/mol. The lowest BCUT2D eigenvalue weighted by Gasteiger charge is -2.26. The summed E-state index contributed by atoms with van der Waals surface area (Å²) in [5, 5.41) is 9.12. The van der Waals surface area contributed by atoms with E-state index in [4.69, 9.17) is 9.94 Å². The predicted molar refractivity (Wildman–Crippen MR) is 64.4 cm³/mol. The van der Waals surface area contributed by atoms with Gasteiger partial charge in [-0.15, -0.1) is 0 Å². The van der Waals surface area contributed by atoms with Crippen LogP contribution in [0.25, 0.3) is 0 Å². The lowest BCUT2D eigenvalue weighted by molar-refractivity contribution is -0.0474. The van der Waals surface area contributed by atoms with Crippen LogP contribution in [0, 0.1) is 0 Å². The second-order valence-corrected chi connectivity index (χ2v) is 4.52. The molecule has 0 radical (unpaired) electrons. The molecule has 0 fully saturated rings. The first-order valence-corrected chi connectivity index (χ1v) is 5.67. The van der Waals surface area contributed by atoms with Gasteiger partial charge in [0.1, 0.15) is 0 Å². The van der Waals surface area contributed by atoms with Crippen molar-refractivity contribution in [1.29, 1.82) is 0 Å². The molecule has 2 N–H and O–H groups in total. The average molecular weight is 223 g/mol. The Balaban J connectivity index is 2.57. The van der Waals surface area contributed by atoms with Crippen LogP contribution in [-0.2, 0) is 4.74 Å². The normalized spacial score (nSPS) is 13.8. The molecular formula is C13H21NO2. The summed E-state index contributed by atoms with van der Waals surface area (Å²) in [7, 11) is 0. The quantitative estimate of drug-likeness (QED) is 0.729. The van der Waals surface area contributed by atoms with Crippen molar-refractivity contribution in [3.63, 3.8) is 0 Å². The van der Waals surface area contributed by atoms with Gasteiger partial charge in [-0.2, -0.15) is 5.48 Å². The van der Waals surface area contributed by atoms with Crippen LogP contribution in [0.2, 0.25) is 0 Å². The van der Waals surface area contributed by atoms with Crippen molar-refractivity contribution in [3.8, 4) is 0 Å². The maximum Gasteiger partial charge on any atom is 0.0803 e. The summed E-state index contributed by atoms with van der Waals surface area (Å²) in [6, 6.07) is 9.61. The van der Waals surface area contributed by atoms with Crippen LogP contribution in [0.15, 0.2) is 30.3 Å². The molecule has 3 nitrogen and oxygen atoms in total. The Morgan fingerprint density at radius 3 is 2.44 bits per heavy atom. The van der Waals surface area contributed by atoms with Crippen molar-refractivity contribution < 1.29 is 9.94 Å². The van der Waals surface area contributed by atoms with Gasteiger partial charge in [0, 0.05) is 0 Å². The molecule has 0 bridgehead atoms. The van der Waals surface area contributed by atoms with Crippen molar-refractivity contribution in [2.45, 2.75) is 38.8 Å². The minimum Gasteiger partial charge on any atom is -0.374 e. The van der Waals surface area contributed by atoms with Gasteiger partial charge in [-0.25, -0.2) is 0 Å². The van der Waals surface area contributed by atoms with Crippen LogP contribution < -0.4 is 5.48 Å². The topological polar surface area (TPSA) is 41.5 Å². The highest BCUT2D eigenvalue weighted by atomic mass is 16.5. The van der Waals surface area contributed by atoms with E-state index < -0.39 is 0 Å². The molecule has 0 amide bonds. The number of hydrogen-bond acceptors (Lipinski definition) is 3. The molecule has 16 heavy (non-hydrogen) atoms. The molecule has 1 unspecified atom stereocenters. The largest absolute Gasteiger partial charge is 0.374 e. The zero-order chi connectivity index (χ0) is 12.0. The minimum absolute atomic E-state index is 0.149. The Labute approximate surface area is 97.4 Å². The smallest absolute Gasteiger partial charge is 0.0803 e. The molecular weight excluding hydrogens is 202 g/mol. The lowest BCUT2D eigenvalue weighted by Crippen LogP contribution is -2.30. The lowest BCUT2D eigenvalue weighted by atomic mass is 10.1.